The van der Waals surface area contributed by atoms with Gasteiger partial charge in [-0.3, -0.25) is 4.68 Å². The number of benzene rings is 1. The van der Waals surface area contributed by atoms with Gasteiger partial charge in [0.2, 0.25) is 0 Å². The first-order valence-electron chi connectivity index (χ1n) is 6.47. The van der Waals surface area contributed by atoms with Crippen LogP contribution >= 0.6 is 15.9 Å². The molecule has 2 heterocycles. The number of halogens is 1. The van der Waals surface area contributed by atoms with Gasteiger partial charge in [-0.05, 0) is 47.1 Å². The van der Waals surface area contributed by atoms with Crippen molar-refractivity contribution in [2.75, 3.05) is 0 Å². The molecule has 3 rings (SSSR count). The van der Waals surface area contributed by atoms with Crippen molar-refractivity contribution in [3.05, 3.63) is 51.9 Å². The van der Waals surface area contributed by atoms with Gasteiger partial charge in [-0.15, -0.1) is 0 Å². The zero-order chi connectivity index (χ0) is 15.1. The molecular weight excluding hydrogens is 334 g/mol. The van der Waals surface area contributed by atoms with E-state index in [0.717, 1.165) is 26.8 Å². The first kappa shape index (κ1) is 13.9. The minimum atomic E-state index is -0.908. The van der Waals surface area contributed by atoms with E-state index in [9.17, 15) is 4.79 Å². The van der Waals surface area contributed by atoms with Crippen LogP contribution in [-0.2, 0) is 13.6 Å². The molecule has 0 aliphatic carbocycles. The molecule has 0 saturated heterocycles. The summed E-state index contributed by atoms with van der Waals surface area (Å²) in [5, 5.41) is 14.3. The topological polar surface area (TPSA) is 60.0 Å². The SMILES string of the molecule is Cc1nn(C)c(Cn2ccc3cc(C(=O)O)ccc32)c1Br. The van der Waals surface area contributed by atoms with E-state index in [1.807, 2.05) is 37.0 Å². The summed E-state index contributed by atoms with van der Waals surface area (Å²) >= 11 is 3.57. The number of carboxylic acid groups (broad SMARTS) is 1. The van der Waals surface area contributed by atoms with Gasteiger partial charge < -0.3 is 9.67 Å². The van der Waals surface area contributed by atoms with E-state index in [2.05, 4.69) is 25.6 Å². The molecule has 0 saturated carbocycles. The van der Waals surface area contributed by atoms with E-state index in [1.165, 1.54) is 0 Å². The Bertz CT molecular complexity index is 848. The fourth-order valence-electron chi connectivity index (χ4n) is 2.48. The average molecular weight is 348 g/mol. The van der Waals surface area contributed by atoms with E-state index in [4.69, 9.17) is 5.11 Å². The minimum absolute atomic E-state index is 0.304. The number of carboxylic acids is 1. The highest BCUT2D eigenvalue weighted by Crippen LogP contribution is 2.24. The molecule has 21 heavy (non-hydrogen) atoms. The Morgan fingerprint density at radius 1 is 1.38 bits per heavy atom. The van der Waals surface area contributed by atoms with Gasteiger partial charge >= 0.3 is 5.97 Å². The fourth-order valence-corrected chi connectivity index (χ4v) is 2.95. The Morgan fingerprint density at radius 2 is 2.14 bits per heavy atom. The average Bonchev–Trinajstić information content (AvgIpc) is 2.95. The van der Waals surface area contributed by atoms with E-state index >= 15 is 0 Å². The number of nitrogens with zero attached hydrogens (tertiary/aromatic N) is 3. The third-order valence-electron chi connectivity index (χ3n) is 3.60. The Hall–Kier alpha value is -2.08. The van der Waals surface area contributed by atoms with Gasteiger partial charge in [0, 0.05) is 24.1 Å². The van der Waals surface area contributed by atoms with Gasteiger partial charge in [0.1, 0.15) is 0 Å². The highest BCUT2D eigenvalue weighted by molar-refractivity contribution is 9.10. The van der Waals surface area contributed by atoms with Crippen LogP contribution in [0.15, 0.2) is 34.9 Å². The van der Waals surface area contributed by atoms with Crippen molar-refractivity contribution in [3.8, 4) is 0 Å². The molecule has 5 nitrogen and oxygen atoms in total. The van der Waals surface area contributed by atoms with E-state index in [-0.39, 0.29) is 0 Å². The Morgan fingerprint density at radius 3 is 2.76 bits per heavy atom. The summed E-state index contributed by atoms with van der Waals surface area (Å²) in [6, 6.07) is 7.09. The lowest BCUT2D eigenvalue weighted by Crippen LogP contribution is -2.05. The van der Waals surface area contributed by atoms with Crippen molar-refractivity contribution in [3.63, 3.8) is 0 Å². The zero-order valence-electron chi connectivity index (χ0n) is 11.7. The Kier molecular flexibility index (Phi) is 3.33. The van der Waals surface area contributed by atoms with E-state index in [1.54, 1.807) is 12.1 Å². The first-order valence-corrected chi connectivity index (χ1v) is 7.27. The van der Waals surface area contributed by atoms with Crippen LogP contribution in [0, 0.1) is 6.92 Å². The lowest BCUT2D eigenvalue weighted by atomic mass is 10.1. The maximum atomic E-state index is 11.0. The third-order valence-corrected chi connectivity index (χ3v) is 4.63. The molecule has 0 radical (unpaired) electrons. The second kappa shape index (κ2) is 5.04. The second-order valence-electron chi connectivity index (χ2n) is 4.99. The van der Waals surface area contributed by atoms with E-state index < -0.39 is 5.97 Å². The van der Waals surface area contributed by atoms with Gasteiger partial charge in [0.15, 0.2) is 0 Å². The molecular formula is C15H14BrN3O2. The van der Waals surface area contributed by atoms with Crippen LogP contribution < -0.4 is 0 Å². The summed E-state index contributed by atoms with van der Waals surface area (Å²) in [7, 11) is 1.92. The summed E-state index contributed by atoms with van der Waals surface area (Å²) in [6.45, 7) is 2.63. The molecule has 0 aliphatic heterocycles. The number of hydrogen-bond donors (Lipinski definition) is 1. The zero-order valence-corrected chi connectivity index (χ0v) is 13.3. The summed E-state index contributed by atoms with van der Waals surface area (Å²) < 4.78 is 4.95. The molecule has 6 heteroatoms. The van der Waals surface area contributed by atoms with Crippen molar-refractivity contribution in [1.29, 1.82) is 0 Å². The van der Waals surface area contributed by atoms with Crippen LogP contribution in [0.1, 0.15) is 21.7 Å². The monoisotopic (exact) mass is 347 g/mol. The largest absolute Gasteiger partial charge is 0.478 e. The van der Waals surface area contributed by atoms with Gasteiger partial charge in [-0.2, -0.15) is 5.10 Å². The fraction of sp³-hybridized carbons (Fsp3) is 0.200. The van der Waals surface area contributed by atoms with Gasteiger partial charge in [-0.25, -0.2) is 4.79 Å². The summed E-state index contributed by atoms with van der Waals surface area (Å²) in [5.74, 6) is -0.908. The van der Waals surface area contributed by atoms with Gasteiger partial charge in [0.05, 0.1) is 28.0 Å². The maximum absolute atomic E-state index is 11.0. The Labute approximate surface area is 129 Å². The molecule has 0 spiro atoms. The van der Waals surface area contributed by atoms with Crippen molar-refractivity contribution in [2.45, 2.75) is 13.5 Å². The molecule has 0 atom stereocenters. The van der Waals surface area contributed by atoms with Crippen LogP contribution in [0.2, 0.25) is 0 Å². The molecule has 0 aliphatic rings. The second-order valence-corrected chi connectivity index (χ2v) is 5.79. The Balaban J connectivity index is 2.03. The van der Waals surface area contributed by atoms with Crippen molar-refractivity contribution in [2.24, 2.45) is 7.05 Å². The van der Waals surface area contributed by atoms with Crippen LogP contribution in [0.4, 0.5) is 0 Å². The van der Waals surface area contributed by atoms with Crippen LogP contribution in [0.5, 0.6) is 0 Å². The van der Waals surface area contributed by atoms with Crippen LogP contribution in [0.3, 0.4) is 0 Å². The van der Waals surface area contributed by atoms with E-state index in [0.29, 0.717) is 12.1 Å². The smallest absolute Gasteiger partial charge is 0.335 e. The number of rotatable bonds is 3. The molecule has 0 amide bonds. The lowest BCUT2D eigenvalue weighted by molar-refractivity contribution is 0.0697. The number of aromatic nitrogens is 3. The molecule has 108 valence electrons. The van der Waals surface area contributed by atoms with Crippen molar-refractivity contribution in [1.82, 2.24) is 14.3 Å². The highest BCUT2D eigenvalue weighted by atomic mass is 79.9. The normalized spacial score (nSPS) is 11.2. The molecule has 1 aromatic carbocycles. The van der Waals surface area contributed by atoms with Gasteiger partial charge in [-0.1, -0.05) is 0 Å². The number of hydrogen-bond acceptors (Lipinski definition) is 2. The highest BCUT2D eigenvalue weighted by Gasteiger charge is 2.13. The summed E-state index contributed by atoms with van der Waals surface area (Å²) in [5.41, 5.74) is 3.34. The van der Waals surface area contributed by atoms with Crippen molar-refractivity contribution >= 4 is 32.8 Å². The summed E-state index contributed by atoms with van der Waals surface area (Å²) in [6.07, 6.45) is 1.96. The van der Waals surface area contributed by atoms with Crippen molar-refractivity contribution < 1.29 is 9.90 Å². The number of aryl methyl sites for hydroxylation is 2. The number of carbonyl (C=O) groups is 1. The molecule has 0 unspecified atom stereocenters. The molecule has 3 aromatic rings. The maximum Gasteiger partial charge on any atom is 0.335 e. The van der Waals surface area contributed by atoms with Crippen LogP contribution in [-0.4, -0.2) is 25.4 Å². The number of aromatic carboxylic acids is 1. The van der Waals surface area contributed by atoms with Crippen LogP contribution in [0.25, 0.3) is 10.9 Å². The first-order chi connectivity index (χ1) is 9.97. The molecule has 0 fully saturated rings. The minimum Gasteiger partial charge on any atom is -0.478 e. The van der Waals surface area contributed by atoms with Gasteiger partial charge in [0.25, 0.3) is 0 Å². The lowest BCUT2D eigenvalue weighted by Gasteiger charge is -2.07. The number of fused-ring (bicyclic) bond motifs is 1. The molecule has 1 N–H and O–H groups in total. The summed E-state index contributed by atoms with van der Waals surface area (Å²) in [4.78, 5) is 11.0. The predicted molar refractivity (Wildman–Crippen MR) is 83.6 cm³/mol. The molecule has 0 bridgehead atoms. The molecule has 2 aromatic heterocycles. The quantitative estimate of drug-likeness (QED) is 0.791. The third kappa shape index (κ3) is 2.35. The standard InChI is InChI=1S/C15H14BrN3O2/c1-9-14(16)13(18(2)17-9)8-19-6-5-10-7-11(15(20)21)3-4-12(10)19/h3-7H,8H2,1-2H3,(H,20,21). The predicted octanol–water partition coefficient (Wildman–Crippen LogP) is 3.19.